The van der Waals surface area contributed by atoms with Crippen LogP contribution in [0.2, 0.25) is 0 Å². The molecule has 1 unspecified atom stereocenters. The van der Waals surface area contributed by atoms with Crippen molar-refractivity contribution < 1.29 is 23.7 Å². The number of para-hydroxylation sites is 1. The molecule has 2 aromatic rings. The Morgan fingerprint density at radius 2 is 1.61 bits per heavy atom. The number of amides is 1. The summed E-state index contributed by atoms with van der Waals surface area (Å²) in [4.78, 5) is 14.8. The van der Waals surface area contributed by atoms with Crippen LogP contribution in [-0.2, 0) is 19.8 Å². The molecule has 1 saturated heterocycles. The molecule has 0 saturated carbocycles. The van der Waals surface area contributed by atoms with Crippen molar-refractivity contribution >= 4 is 23.5 Å². The SMILES string of the molecule is CC(C)(C)OC(=O)N1[C@H](CC(C)(OC(=S)Oc2ccccc2)c2ccccc2)COC1(C)C. The highest BCUT2D eigenvalue weighted by atomic mass is 32.1. The summed E-state index contributed by atoms with van der Waals surface area (Å²) in [7, 11) is 0. The first-order chi connectivity index (χ1) is 15.4. The van der Waals surface area contributed by atoms with Crippen LogP contribution in [0.4, 0.5) is 4.79 Å². The Labute approximate surface area is 201 Å². The molecule has 7 heteroatoms. The van der Waals surface area contributed by atoms with Crippen LogP contribution in [0.15, 0.2) is 60.7 Å². The number of hydrogen-bond donors (Lipinski definition) is 0. The molecule has 1 amide bonds. The van der Waals surface area contributed by atoms with Gasteiger partial charge in [0.2, 0.25) is 0 Å². The molecular formula is C26H33NO5S. The number of benzene rings is 2. The summed E-state index contributed by atoms with van der Waals surface area (Å²) in [5, 5.41) is 0.00884. The van der Waals surface area contributed by atoms with Crippen LogP contribution in [-0.4, -0.2) is 40.2 Å². The monoisotopic (exact) mass is 471 g/mol. The van der Waals surface area contributed by atoms with E-state index in [0.29, 0.717) is 18.8 Å². The Kier molecular flexibility index (Phi) is 7.34. The quantitative estimate of drug-likeness (QED) is 0.495. The number of carbonyl (C=O) groups is 1. The zero-order chi connectivity index (χ0) is 24.3. The number of carbonyl (C=O) groups excluding carboxylic acids is 1. The molecule has 0 bridgehead atoms. The van der Waals surface area contributed by atoms with E-state index in [0.717, 1.165) is 5.56 Å². The molecule has 0 spiro atoms. The molecule has 0 aliphatic carbocycles. The van der Waals surface area contributed by atoms with Gasteiger partial charge in [0.15, 0.2) is 0 Å². The van der Waals surface area contributed by atoms with Crippen molar-refractivity contribution in [1.82, 2.24) is 4.90 Å². The van der Waals surface area contributed by atoms with E-state index >= 15 is 0 Å². The van der Waals surface area contributed by atoms with Gasteiger partial charge in [0.05, 0.1) is 12.6 Å². The van der Waals surface area contributed by atoms with Crippen LogP contribution in [0.1, 0.15) is 53.5 Å². The number of rotatable bonds is 5. The summed E-state index contributed by atoms with van der Waals surface area (Å²) in [6, 6.07) is 18.7. The second kappa shape index (κ2) is 9.69. The lowest BCUT2D eigenvalue weighted by Crippen LogP contribution is -2.51. The first kappa shape index (κ1) is 25.0. The topological polar surface area (TPSA) is 57.2 Å². The van der Waals surface area contributed by atoms with E-state index in [-0.39, 0.29) is 11.3 Å². The molecule has 0 radical (unpaired) electrons. The lowest BCUT2D eigenvalue weighted by molar-refractivity contribution is -0.0658. The molecule has 1 aliphatic rings. The van der Waals surface area contributed by atoms with Gasteiger partial charge in [0.25, 0.3) is 0 Å². The fourth-order valence-electron chi connectivity index (χ4n) is 3.96. The summed E-state index contributed by atoms with van der Waals surface area (Å²) in [5.41, 5.74) is -1.39. The largest absolute Gasteiger partial charge is 0.445 e. The van der Waals surface area contributed by atoms with Crippen LogP contribution in [0.5, 0.6) is 5.75 Å². The Morgan fingerprint density at radius 1 is 1.03 bits per heavy atom. The van der Waals surface area contributed by atoms with E-state index in [2.05, 4.69) is 0 Å². The summed E-state index contributed by atoms with van der Waals surface area (Å²) in [6.07, 6.45) is 0.00588. The second-order valence-electron chi connectivity index (χ2n) is 9.83. The Morgan fingerprint density at radius 3 is 2.18 bits per heavy atom. The Balaban J connectivity index is 1.86. The zero-order valence-corrected chi connectivity index (χ0v) is 21.0. The van der Waals surface area contributed by atoms with Crippen molar-refractivity contribution in [1.29, 1.82) is 0 Å². The van der Waals surface area contributed by atoms with E-state index in [1.165, 1.54) is 0 Å². The summed E-state index contributed by atoms with van der Waals surface area (Å²) >= 11 is 5.44. The number of ether oxygens (including phenoxy) is 4. The molecule has 1 heterocycles. The number of thiocarbonyl (C=S) groups is 1. The third kappa shape index (κ3) is 6.45. The molecule has 33 heavy (non-hydrogen) atoms. The van der Waals surface area contributed by atoms with E-state index < -0.39 is 23.0 Å². The predicted octanol–water partition coefficient (Wildman–Crippen LogP) is 6.04. The maximum Gasteiger partial charge on any atom is 0.412 e. The van der Waals surface area contributed by atoms with Crippen LogP contribution in [0.25, 0.3) is 0 Å². The van der Waals surface area contributed by atoms with Gasteiger partial charge in [0.1, 0.15) is 22.7 Å². The Bertz CT molecular complexity index is 958. The van der Waals surface area contributed by atoms with Crippen molar-refractivity contribution in [3.8, 4) is 5.75 Å². The van der Waals surface area contributed by atoms with Gasteiger partial charge in [-0.3, -0.25) is 4.90 Å². The molecule has 178 valence electrons. The van der Waals surface area contributed by atoms with Crippen molar-refractivity contribution in [2.24, 2.45) is 0 Å². The minimum Gasteiger partial charge on any atom is -0.445 e. The third-order valence-corrected chi connectivity index (χ3v) is 5.59. The maximum absolute atomic E-state index is 13.1. The Hall–Kier alpha value is -2.64. The maximum atomic E-state index is 13.1. The second-order valence-corrected chi connectivity index (χ2v) is 10.2. The van der Waals surface area contributed by atoms with Gasteiger partial charge in [-0.25, -0.2) is 4.79 Å². The fraction of sp³-hybridized carbons (Fsp3) is 0.462. The van der Waals surface area contributed by atoms with E-state index in [4.69, 9.17) is 31.2 Å². The average molecular weight is 472 g/mol. The van der Waals surface area contributed by atoms with Crippen LogP contribution < -0.4 is 4.74 Å². The lowest BCUT2D eigenvalue weighted by Gasteiger charge is -2.38. The van der Waals surface area contributed by atoms with E-state index in [1.807, 2.05) is 102 Å². The molecule has 0 aromatic heterocycles. The van der Waals surface area contributed by atoms with Gasteiger partial charge in [-0.05, 0) is 59.2 Å². The van der Waals surface area contributed by atoms with Crippen LogP contribution in [0, 0.1) is 0 Å². The van der Waals surface area contributed by atoms with E-state index in [9.17, 15) is 4.79 Å². The minimum atomic E-state index is -0.873. The van der Waals surface area contributed by atoms with Crippen LogP contribution >= 0.6 is 12.2 Å². The molecule has 6 nitrogen and oxygen atoms in total. The molecule has 2 atom stereocenters. The highest BCUT2D eigenvalue weighted by molar-refractivity contribution is 7.79. The van der Waals surface area contributed by atoms with Gasteiger partial charge in [-0.2, -0.15) is 0 Å². The molecule has 1 aliphatic heterocycles. The fourth-order valence-corrected chi connectivity index (χ4v) is 4.24. The molecule has 3 rings (SSSR count). The standard InChI is InChI=1S/C26H33NO5S/c1-24(2,3)31-22(28)27-20(18-29-25(27,4)5)17-26(6,19-13-9-7-10-14-19)32-23(33)30-21-15-11-8-12-16-21/h7-16,20H,17-18H2,1-6H3/t20-,26?/m1/s1. The highest BCUT2D eigenvalue weighted by Crippen LogP contribution is 2.38. The molecular weight excluding hydrogens is 438 g/mol. The van der Waals surface area contributed by atoms with Crippen molar-refractivity contribution in [3.05, 3.63) is 66.2 Å². The zero-order valence-electron chi connectivity index (χ0n) is 20.2. The van der Waals surface area contributed by atoms with Crippen LogP contribution in [0.3, 0.4) is 0 Å². The van der Waals surface area contributed by atoms with E-state index in [1.54, 1.807) is 4.90 Å². The first-order valence-electron chi connectivity index (χ1n) is 11.1. The highest BCUT2D eigenvalue weighted by Gasteiger charge is 2.49. The first-order valence-corrected chi connectivity index (χ1v) is 11.5. The summed E-state index contributed by atoms with van der Waals surface area (Å²) < 4.78 is 23.7. The summed E-state index contributed by atoms with van der Waals surface area (Å²) in [5.74, 6) is 0.596. The number of nitrogens with zero attached hydrogens (tertiary/aromatic N) is 1. The van der Waals surface area contributed by atoms with Gasteiger partial charge in [-0.1, -0.05) is 48.5 Å². The van der Waals surface area contributed by atoms with Gasteiger partial charge < -0.3 is 18.9 Å². The van der Waals surface area contributed by atoms with Crippen molar-refractivity contribution in [2.45, 2.75) is 70.9 Å². The number of hydrogen-bond acceptors (Lipinski definition) is 6. The molecule has 1 fully saturated rings. The predicted molar refractivity (Wildman–Crippen MR) is 131 cm³/mol. The minimum absolute atomic E-state index is 0.00884. The average Bonchev–Trinajstić information content (AvgIpc) is 3.01. The van der Waals surface area contributed by atoms with Gasteiger partial charge in [0, 0.05) is 18.6 Å². The summed E-state index contributed by atoms with van der Waals surface area (Å²) in [6.45, 7) is 11.6. The lowest BCUT2D eigenvalue weighted by atomic mass is 9.88. The third-order valence-electron chi connectivity index (χ3n) is 5.43. The molecule has 2 aromatic carbocycles. The normalized spacial score (nSPS) is 19.5. The van der Waals surface area contributed by atoms with Crippen molar-refractivity contribution in [3.63, 3.8) is 0 Å². The van der Waals surface area contributed by atoms with Gasteiger partial charge in [-0.15, -0.1) is 0 Å². The van der Waals surface area contributed by atoms with Gasteiger partial charge >= 0.3 is 11.3 Å². The van der Waals surface area contributed by atoms with Crippen molar-refractivity contribution in [2.75, 3.05) is 6.61 Å². The smallest absolute Gasteiger partial charge is 0.412 e. The molecule has 0 N–H and O–H groups in total.